The maximum atomic E-state index is 9.21. The number of ether oxygens (including phenoxy) is 1. The molecule has 2 aromatic heterocycles. The molecule has 0 N–H and O–H groups in total. The van der Waals surface area contributed by atoms with Crippen molar-refractivity contribution in [3.05, 3.63) is 17.6 Å². The van der Waals surface area contributed by atoms with Crippen molar-refractivity contribution in [2.24, 2.45) is 5.92 Å². The van der Waals surface area contributed by atoms with Crippen molar-refractivity contribution in [1.82, 2.24) is 15.0 Å². The van der Waals surface area contributed by atoms with Crippen molar-refractivity contribution in [3.8, 4) is 11.9 Å². The molecule has 0 spiro atoms. The Morgan fingerprint density at radius 2 is 2.14 bits per heavy atom. The quantitative estimate of drug-likeness (QED) is 0.847. The van der Waals surface area contributed by atoms with Crippen molar-refractivity contribution in [2.45, 2.75) is 26.7 Å². The summed E-state index contributed by atoms with van der Waals surface area (Å²) in [6.45, 7) is 5.39. The van der Waals surface area contributed by atoms with Crippen LogP contribution in [0, 0.1) is 31.1 Å². The second-order valence-corrected chi connectivity index (χ2v) is 5.68. The first-order valence-corrected chi connectivity index (χ1v) is 7.47. The molecule has 1 atom stereocenters. The number of hydrogen-bond acceptors (Lipinski definition) is 6. The minimum absolute atomic E-state index is 0.0449. The van der Waals surface area contributed by atoms with Crippen LogP contribution in [0.2, 0.25) is 0 Å². The number of aromatic nitrogens is 3. The predicted molar refractivity (Wildman–Crippen MR) is 83.9 cm³/mol. The number of aryl methyl sites for hydroxylation is 2. The largest absolute Gasteiger partial charge is 0.480 e. The summed E-state index contributed by atoms with van der Waals surface area (Å²) in [5.41, 5.74) is 1.70. The van der Waals surface area contributed by atoms with E-state index in [9.17, 15) is 5.26 Å². The van der Waals surface area contributed by atoms with E-state index in [0.29, 0.717) is 18.2 Å². The predicted octanol–water partition coefficient (Wildman–Crippen LogP) is 2.39. The standard InChI is InChI=1S/C16H19N5O/c1-10-7-13-14(16(18-10)22-3)15(20-11(2)19-13)21-6-4-5-12(8-17)9-21/h7,12H,4-6,9H2,1-3H3. The van der Waals surface area contributed by atoms with E-state index in [2.05, 4.69) is 25.9 Å². The molecule has 0 amide bonds. The Kier molecular flexibility index (Phi) is 3.80. The molecule has 3 heterocycles. The zero-order chi connectivity index (χ0) is 15.7. The highest BCUT2D eigenvalue weighted by molar-refractivity contribution is 5.94. The summed E-state index contributed by atoms with van der Waals surface area (Å²) in [6, 6.07) is 4.32. The zero-order valence-electron chi connectivity index (χ0n) is 13.1. The normalized spacial score (nSPS) is 18.3. The summed E-state index contributed by atoms with van der Waals surface area (Å²) in [6.07, 6.45) is 1.94. The van der Waals surface area contributed by atoms with Gasteiger partial charge in [0, 0.05) is 18.8 Å². The highest BCUT2D eigenvalue weighted by atomic mass is 16.5. The van der Waals surface area contributed by atoms with Crippen molar-refractivity contribution < 1.29 is 4.74 Å². The Balaban J connectivity index is 2.18. The van der Waals surface area contributed by atoms with E-state index >= 15 is 0 Å². The fourth-order valence-corrected chi connectivity index (χ4v) is 2.99. The lowest BCUT2D eigenvalue weighted by atomic mass is 9.99. The van der Waals surface area contributed by atoms with Crippen LogP contribution in [0.15, 0.2) is 6.07 Å². The Bertz CT molecular complexity index is 747. The summed E-state index contributed by atoms with van der Waals surface area (Å²) in [5, 5.41) is 10.0. The van der Waals surface area contributed by atoms with Gasteiger partial charge >= 0.3 is 0 Å². The molecule has 0 saturated carbocycles. The monoisotopic (exact) mass is 297 g/mol. The van der Waals surface area contributed by atoms with E-state index in [1.54, 1.807) is 7.11 Å². The van der Waals surface area contributed by atoms with E-state index in [-0.39, 0.29) is 5.92 Å². The van der Waals surface area contributed by atoms with Gasteiger partial charge in [-0.3, -0.25) is 0 Å². The molecule has 2 aromatic rings. The number of methoxy groups -OCH3 is 1. The lowest BCUT2D eigenvalue weighted by Gasteiger charge is -2.31. The van der Waals surface area contributed by atoms with E-state index in [4.69, 9.17) is 4.74 Å². The van der Waals surface area contributed by atoms with Crippen LogP contribution in [0.25, 0.3) is 10.9 Å². The fourth-order valence-electron chi connectivity index (χ4n) is 2.99. The van der Waals surface area contributed by atoms with Crippen molar-refractivity contribution in [1.29, 1.82) is 5.26 Å². The van der Waals surface area contributed by atoms with Crippen molar-refractivity contribution >= 4 is 16.7 Å². The van der Waals surface area contributed by atoms with Crippen molar-refractivity contribution in [3.63, 3.8) is 0 Å². The number of pyridine rings is 1. The van der Waals surface area contributed by atoms with E-state index in [1.807, 2.05) is 19.9 Å². The number of nitrogens with zero attached hydrogens (tertiary/aromatic N) is 5. The first-order chi connectivity index (χ1) is 10.6. The highest BCUT2D eigenvalue weighted by Crippen LogP contribution is 2.33. The van der Waals surface area contributed by atoms with Gasteiger partial charge in [0.2, 0.25) is 5.88 Å². The van der Waals surface area contributed by atoms with Crippen LogP contribution < -0.4 is 9.64 Å². The number of anilines is 1. The Labute approximate surface area is 129 Å². The van der Waals surface area contributed by atoms with Gasteiger partial charge in [-0.1, -0.05) is 0 Å². The number of rotatable bonds is 2. The third-order valence-electron chi connectivity index (χ3n) is 3.96. The van der Waals surface area contributed by atoms with Crippen LogP contribution in [0.4, 0.5) is 5.82 Å². The van der Waals surface area contributed by atoms with Gasteiger partial charge in [-0.05, 0) is 32.8 Å². The van der Waals surface area contributed by atoms with Crippen LogP contribution >= 0.6 is 0 Å². The molecule has 0 aromatic carbocycles. The minimum Gasteiger partial charge on any atom is -0.480 e. The van der Waals surface area contributed by atoms with Crippen LogP contribution in [0.5, 0.6) is 5.88 Å². The fraction of sp³-hybridized carbons (Fsp3) is 0.500. The summed E-state index contributed by atoms with van der Waals surface area (Å²) in [4.78, 5) is 15.7. The van der Waals surface area contributed by atoms with Gasteiger partial charge in [-0.15, -0.1) is 0 Å². The Morgan fingerprint density at radius 1 is 1.32 bits per heavy atom. The lowest BCUT2D eigenvalue weighted by Crippen LogP contribution is -2.35. The average molecular weight is 297 g/mol. The van der Waals surface area contributed by atoms with Crippen LogP contribution in [-0.2, 0) is 0 Å². The molecule has 1 aliphatic rings. The summed E-state index contributed by atoms with van der Waals surface area (Å²) >= 11 is 0. The molecule has 0 bridgehead atoms. The van der Waals surface area contributed by atoms with Gasteiger partial charge in [0.25, 0.3) is 0 Å². The second-order valence-electron chi connectivity index (χ2n) is 5.68. The van der Waals surface area contributed by atoms with E-state index in [0.717, 1.165) is 41.8 Å². The lowest BCUT2D eigenvalue weighted by molar-refractivity contribution is 0.402. The van der Waals surface area contributed by atoms with Gasteiger partial charge < -0.3 is 9.64 Å². The Hall–Kier alpha value is -2.42. The first kappa shape index (κ1) is 14.5. The third-order valence-corrected chi connectivity index (χ3v) is 3.96. The van der Waals surface area contributed by atoms with Crippen LogP contribution in [0.1, 0.15) is 24.4 Å². The van der Waals surface area contributed by atoms with E-state index < -0.39 is 0 Å². The minimum atomic E-state index is 0.0449. The number of piperidine rings is 1. The molecule has 1 fully saturated rings. The van der Waals surface area contributed by atoms with Gasteiger partial charge in [0.1, 0.15) is 17.0 Å². The average Bonchev–Trinajstić information content (AvgIpc) is 2.52. The molecule has 6 nitrogen and oxygen atoms in total. The van der Waals surface area contributed by atoms with Gasteiger partial charge in [-0.25, -0.2) is 15.0 Å². The Morgan fingerprint density at radius 3 is 2.86 bits per heavy atom. The van der Waals surface area contributed by atoms with Crippen molar-refractivity contribution in [2.75, 3.05) is 25.1 Å². The second kappa shape index (κ2) is 5.76. The number of hydrogen-bond donors (Lipinski definition) is 0. The molecule has 3 rings (SSSR count). The molecule has 1 unspecified atom stereocenters. The number of fused-ring (bicyclic) bond motifs is 1. The molecule has 22 heavy (non-hydrogen) atoms. The third kappa shape index (κ3) is 2.54. The molecule has 1 aliphatic heterocycles. The summed E-state index contributed by atoms with van der Waals surface area (Å²) < 4.78 is 5.45. The maximum Gasteiger partial charge on any atom is 0.226 e. The van der Waals surface area contributed by atoms with Gasteiger partial charge in [-0.2, -0.15) is 5.26 Å². The molecule has 1 saturated heterocycles. The van der Waals surface area contributed by atoms with E-state index in [1.165, 1.54) is 0 Å². The molecule has 0 aliphatic carbocycles. The molecule has 0 radical (unpaired) electrons. The molecule has 6 heteroatoms. The number of nitriles is 1. The van der Waals surface area contributed by atoms with Crippen LogP contribution in [-0.4, -0.2) is 35.2 Å². The van der Waals surface area contributed by atoms with Gasteiger partial charge in [0.05, 0.1) is 24.6 Å². The highest BCUT2D eigenvalue weighted by Gasteiger charge is 2.24. The molecule has 114 valence electrons. The summed E-state index contributed by atoms with van der Waals surface area (Å²) in [7, 11) is 1.61. The smallest absolute Gasteiger partial charge is 0.226 e. The zero-order valence-corrected chi connectivity index (χ0v) is 13.1. The maximum absolute atomic E-state index is 9.21. The topological polar surface area (TPSA) is 74.9 Å². The summed E-state index contributed by atoms with van der Waals surface area (Å²) in [5.74, 6) is 2.13. The van der Waals surface area contributed by atoms with Crippen LogP contribution in [0.3, 0.4) is 0 Å². The SMILES string of the molecule is COc1nc(C)cc2nc(C)nc(N3CCCC(C#N)C3)c12. The first-order valence-electron chi connectivity index (χ1n) is 7.47. The molecular formula is C16H19N5O. The molecular weight excluding hydrogens is 278 g/mol. The van der Waals surface area contributed by atoms with Gasteiger partial charge in [0.15, 0.2) is 0 Å².